The number of nitrogens with one attached hydrogen (secondary N) is 1. The molecule has 0 saturated heterocycles. The Morgan fingerprint density at radius 3 is 2.14 bits per heavy atom. The average molecular weight is 614 g/mol. The molecule has 1 unspecified atom stereocenters. The third-order valence-electron chi connectivity index (χ3n) is 6.81. The molecule has 0 fully saturated rings. The van der Waals surface area contributed by atoms with E-state index in [0.717, 1.165) is 28.3 Å². The number of benzene rings is 3. The van der Waals surface area contributed by atoms with Crippen LogP contribution in [0.4, 0.5) is 5.69 Å². The van der Waals surface area contributed by atoms with Gasteiger partial charge in [-0.05, 0) is 80.8 Å². The van der Waals surface area contributed by atoms with Crippen LogP contribution in [0.2, 0.25) is 5.02 Å². The van der Waals surface area contributed by atoms with Gasteiger partial charge in [0.2, 0.25) is 11.8 Å². The first-order chi connectivity index (χ1) is 20.1. The maximum Gasteiger partial charge on any atom is 0.264 e. The minimum atomic E-state index is -4.15. The summed E-state index contributed by atoms with van der Waals surface area (Å²) in [5.74, 6) is -0.200. The summed E-state index contributed by atoms with van der Waals surface area (Å²) in [6.45, 7) is 8.15. The van der Waals surface area contributed by atoms with Crippen molar-refractivity contribution in [2.24, 2.45) is 0 Å². The van der Waals surface area contributed by atoms with Gasteiger partial charge in [-0.15, -0.1) is 0 Å². The van der Waals surface area contributed by atoms with Crippen LogP contribution >= 0.6 is 11.6 Å². The predicted octanol–water partition coefficient (Wildman–Crippen LogP) is 5.97. The van der Waals surface area contributed by atoms with Crippen molar-refractivity contribution >= 4 is 39.1 Å². The van der Waals surface area contributed by atoms with Gasteiger partial charge in [0.25, 0.3) is 10.0 Å². The summed E-state index contributed by atoms with van der Waals surface area (Å²) < 4.78 is 34.6. The SMILES string of the molecule is CCCCNC(=O)C(CC)N(Cc1ccc(Cl)cc1)C(=O)CN(c1ccc(OCC)cc1)S(=O)(=O)c1ccc(C)cc1. The van der Waals surface area contributed by atoms with Gasteiger partial charge >= 0.3 is 0 Å². The van der Waals surface area contributed by atoms with Crippen LogP contribution in [-0.4, -0.2) is 50.9 Å². The van der Waals surface area contributed by atoms with E-state index in [1.807, 2.05) is 27.7 Å². The maximum atomic E-state index is 14.1. The largest absolute Gasteiger partial charge is 0.494 e. The van der Waals surface area contributed by atoms with Crippen LogP contribution in [0.15, 0.2) is 77.7 Å². The smallest absolute Gasteiger partial charge is 0.264 e. The van der Waals surface area contributed by atoms with Crippen molar-refractivity contribution in [2.75, 3.05) is 24.0 Å². The molecular formula is C32H40ClN3O5S. The fraction of sp³-hybridized carbons (Fsp3) is 0.375. The third kappa shape index (κ3) is 8.72. The van der Waals surface area contributed by atoms with Gasteiger partial charge in [0.05, 0.1) is 17.2 Å². The lowest BCUT2D eigenvalue weighted by atomic mass is 10.1. The fourth-order valence-electron chi connectivity index (χ4n) is 4.45. The van der Waals surface area contributed by atoms with E-state index < -0.39 is 28.5 Å². The second-order valence-corrected chi connectivity index (χ2v) is 12.3. The molecule has 42 heavy (non-hydrogen) atoms. The van der Waals surface area contributed by atoms with Gasteiger partial charge in [-0.1, -0.05) is 61.7 Å². The summed E-state index contributed by atoms with van der Waals surface area (Å²) in [6.07, 6.45) is 2.08. The van der Waals surface area contributed by atoms with E-state index in [9.17, 15) is 18.0 Å². The van der Waals surface area contributed by atoms with E-state index in [1.54, 1.807) is 60.7 Å². The first-order valence-electron chi connectivity index (χ1n) is 14.2. The monoisotopic (exact) mass is 613 g/mol. The number of ether oxygens (including phenoxy) is 1. The van der Waals surface area contributed by atoms with Gasteiger partial charge in [0.15, 0.2) is 0 Å². The second-order valence-electron chi connectivity index (χ2n) is 9.97. The minimum absolute atomic E-state index is 0.0587. The average Bonchev–Trinajstić information content (AvgIpc) is 2.97. The van der Waals surface area contributed by atoms with Crippen molar-refractivity contribution in [1.29, 1.82) is 0 Å². The maximum absolute atomic E-state index is 14.1. The molecule has 2 amide bonds. The van der Waals surface area contributed by atoms with Crippen molar-refractivity contribution in [3.8, 4) is 5.75 Å². The fourth-order valence-corrected chi connectivity index (χ4v) is 5.99. The highest BCUT2D eigenvalue weighted by Gasteiger charge is 2.33. The highest BCUT2D eigenvalue weighted by molar-refractivity contribution is 7.92. The van der Waals surface area contributed by atoms with Crippen LogP contribution in [0.25, 0.3) is 0 Å². The quantitative estimate of drug-likeness (QED) is 0.213. The molecule has 3 aromatic carbocycles. The number of rotatable bonds is 15. The van der Waals surface area contributed by atoms with E-state index >= 15 is 0 Å². The normalized spacial score (nSPS) is 11.9. The first-order valence-corrected chi connectivity index (χ1v) is 16.1. The van der Waals surface area contributed by atoms with Gasteiger partial charge in [-0.3, -0.25) is 13.9 Å². The summed E-state index contributed by atoms with van der Waals surface area (Å²) in [5, 5.41) is 3.48. The molecule has 3 rings (SSSR count). The van der Waals surface area contributed by atoms with Crippen LogP contribution in [0.1, 0.15) is 51.2 Å². The lowest BCUT2D eigenvalue weighted by Gasteiger charge is -2.33. The molecule has 0 aliphatic rings. The molecule has 1 atom stereocenters. The van der Waals surface area contributed by atoms with Crippen LogP contribution in [0.5, 0.6) is 5.75 Å². The van der Waals surface area contributed by atoms with Crippen molar-refractivity contribution in [2.45, 2.75) is 64.4 Å². The number of unbranched alkanes of at least 4 members (excludes halogenated alkanes) is 1. The summed E-state index contributed by atoms with van der Waals surface area (Å²) in [6, 6.07) is 19.3. The highest BCUT2D eigenvalue weighted by atomic mass is 35.5. The van der Waals surface area contributed by atoms with Gasteiger partial charge in [-0.25, -0.2) is 8.42 Å². The molecule has 0 bridgehead atoms. The number of anilines is 1. The van der Waals surface area contributed by atoms with Crippen molar-refractivity contribution in [3.63, 3.8) is 0 Å². The molecule has 3 aromatic rings. The van der Waals surface area contributed by atoms with Gasteiger partial charge in [-0.2, -0.15) is 0 Å². The summed E-state index contributed by atoms with van der Waals surface area (Å²) in [7, 11) is -4.15. The Morgan fingerprint density at radius 1 is 0.929 bits per heavy atom. The zero-order valence-electron chi connectivity index (χ0n) is 24.7. The molecular weight excluding hydrogens is 574 g/mol. The standard InChI is InChI=1S/C32H40ClN3O5S/c1-5-8-21-34-32(38)30(6-2)35(22-25-11-13-26(33)14-12-25)31(37)23-36(27-15-17-28(18-16-27)41-7-3)42(39,40)29-19-9-24(4)10-20-29/h9-20,30H,5-8,21-23H2,1-4H3,(H,34,38). The van der Waals surface area contributed by atoms with Crippen LogP contribution in [-0.2, 0) is 26.2 Å². The molecule has 0 aliphatic carbocycles. The second kappa shape index (κ2) is 15.6. The van der Waals surface area contributed by atoms with Crippen LogP contribution in [0.3, 0.4) is 0 Å². The van der Waals surface area contributed by atoms with Crippen LogP contribution < -0.4 is 14.4 Å². The minimum Gasteiger partial charge on any atom is -0.494 e. The van der Waals surface area contributed by atoms with E-state index in [2.05, 4.69) is 5.32 Å². The first kappa shape index (κ1) is 32.9. The molecule has 10 heteroatoms. The number of hydrogen-bond donors (Lipinski definition) is 1. The molecule has 0 aromatic heterocycles. The molecule has 8 nitrogen and oxygen atoms in total. The van der Waals surface area contributed by atoms with Crippen molar-refractivity contribution < 1.29 is 22.7 Å². The Hall–Kier alpha value is -3.56. The van der Waals surface area contributed by atoms with E-state index in [0.29, 0.717) is 36.0 Å². The highest BCUT2D eigenvalue weighted by Crippen LogP contribution is 2.27. The van der Waals surface area contributed by atoms with Crippen molar-refractivity contribution in [1.82, 2.24) is 10.2 Å². The lowest BCUT2D eigenvalue weighted by molar-refractivity contribution is -0.140. The molecule has 0 radical (unpaired) electrons. The molecule has 0 spiro atoms. The number of amides is 2. The lowest BCUT2D eigenvalue weighted by Crippen LogP contribution is -2.52. The molecule has 1 N–H and O–H groups in total. The van der Waals surface area contributed by atoms with E-state index in [1.165, 1.54) is 17.0 Å². The summed E-state index contributed by atoms with van der Waals surface area (Å²) in [4.78, 5) is 28.9. The molecule has 0 aliphatic heterocycles. The molecule has 0 heterocycles. The number of carbonyl (C=O) groups excluding carboxylic acids is 2. The topological polar surface area (TPSA) is 96.0 Å². The van der Waals surface area contributed by atoms with Gasteiger partial charge < -0.3 is 15.0 Å². The Morgan fingerprint density at radius 2 is 1.57 bits per heavy atom. The summed E-state index contributed by atoms with van der Waals surface area (Å²) in [5.41, 5.74) is 1.98. The van der Waals surface area contributed by atoms with Gasteiger partial charge in [0.1, 0.15) is 18.3 Å². The van der Waals surface area contributed by atoms with Crippen molar-refractivity contribution in [3.05, 3.63) is 88.9 Å². The predicted molar refractivity (Wildman–Crippen MR) is 167 cm³/mol. The molecule has 0 saturated carbocycles. The Balaban J connectivity index is 2.03. The Labute approximate surface area is 254 Å². The number of carbonyl (C=O) groups is 2. The van der Waals surface area contributed by atoms with Crippen LogP contribution in [0, 0.1) is 6.92 Å². The van der Waals surface area contributed by atoms with Gasteiger partial charge in [0, 0.05) is 18.1 Å². The Kier molecular flexibility index (Phi) is 12.2. The molecule has 226 valence electrons. The summed E-state index contributed by atoms with van der Waals surface area (Å²) >= 11 is 6.08. The third-order valence-corrected chi connectivity index (χ3v) is 8.85. The number of hydrogen-bond acceptors (Lipinski definition) is 5. The van der Waals surface area contributed by atoms with E-state index in [-0.39, 0.29) is 17.3 Å². The number of nitrogens with zero attached hydrogens (tertiary/aromatic N) is 2. The number of halogens is 1. The number of aryl methyl sites for hydroxylation is 1. The zero-order valence-corrected chi connectivity index (χ0v) is 26.2. The Bertz CT molecular complexity index is 1410. The number of sulfonamides is 1. The zero-order chi connectivity index (χ0) is 30.7. The van der Waals surface area contributed by atoms with E-state index in [4.69, 9.17) is 16.3 Å².